The molecule has 1 amide bonds. The Morgan fingerprint density at radius 2 is 2.11 bits per heavy atom. The molecule has 3 rings (SSSR count). The van der Waals surface area contributed by atoms with Crippen LogP contribution in [0.4, 0.5) is 10.1 Å². The van der Waals surface area contributed by atoms with Crippen LogP contribution in [0.15, 0.2) is 42.5 Å². The van der Waals surface area contributed by atoms with Gasteiger partial charge in [0, 0.05) is 25.2 Å². The number of rotatable bonds is 6. The van der Waals surface area contributed by atoms with E-state index >= 15 is 0 Å². The summed E-state index contributed by atoms with van der Waals surface area (Å²) in [7, 11) is 3.93. The predicted molar refractivity (Wildman–Crippen MR) is 105 cm³/mol. The summed E-state index contributed by atoms with van der Waals surface area (Å²) in [6, 6.07) is 12.2. The van der Waals surface area contributed by atoms with E-state index in [-0.39, 0.29) is 17.8 Å². The summed E-state index contributed by atoms with van der Waals surface area (Å²) in [6.07, 6.45) is 0. The molecule has 0 fully saturated rings. The fraction of sp³-hybridized carbons (Fsp3) is 0.381. The molecule has 0 unspecified atom stereocenters. The molecular formula is C21H26FN3O2. The number of ether oxygens (including phenoxy) is 1. The van der Waals surface area contributed by atoms with Crippen LogP contribution in [0.5, 0.6) is 5.75 Å². The Morgan fingerprint density at radius 3 is 2.85 bits per heavy atom. The summed E-state index contributed by atoms with van der Waals surface area (Å²) in [5.74, 6) is 0.389. The van der Waals surface area contributed by atoms with Gasteiger partial charge in [0.05, 0.1) is 11.7 Å². The van der Waals surface area contributed by atoms with E-state index in [1.165, 1.54) is 6.07 Å². The maximum atomic E-state index is 13.6. The third-order valence-corrected chi connectivity index (χ3v) is 4.63. The largest absolute Gasteiger partial charge is 0.489 e. The van der Waals surface area contributed by atoms with E-state index < -0.39 is 0 Å². The highest BCUT2D eigenvalue weighted by molar-refractivity contribution is 5.95. The summed E-state index contributed by atoms with van der Waals surface area (Å²) in [6.45, 7) is 4.54. The van der Waals surface area contributed by atoms with Crippen LogP contribution in [0.3, 0.4) is 0 Å². The van der Waals surface area contributed by atoms with Gasteiger partial charge in [-0.1, -0.05) is 12.1 Å². The van der Waals surface area contributed by atoms with Crippen molar-refractivity contribution >= 4 is 11.6 Å². The third kappa shape index (κ3) is 4.77. The Kier molecular flexibility index (Phi) is 5.96. The van der Waals surface area contributed by atoms with Crippen LogP contribution in [0.2, 0.25) is 0 Å². The lowest BCUT2D eigenvalue weighted by atomic mass is 10.1. The fourth-order valence-electron chi connectivity index (χ4n) is 3.11. The Labute approximate surface area is 159 Å². The third-order valence-electron chi connectivity index (χ3n) is 4.63. The highest BCUT2D eigenvalue weighted by Gasteiger charge is 2.25. The smallest absolute Gasteiger partial charge is 0.251 e. The number of nitrogens with zero attached hydrogens (tertiary/aromatic N) is 2. The van der Waals surface area contributed by atoms with Crippen LogP contribution in [0.25, 0.3) is 0 Å². The average molecular weight is 371 g/mol. The zero-order chi connectivity index (χ0) is 19.4. The van der Waals surface area contributed by atoms with Crippen LogP contribution < -0.4 is 15.0 Å². The van der Waals surface area contributed by atoms with Gasteiger partial charge < -0.3 is 19.9 Å². The minimum absolute atomic E-state index is 0.108. The SMILES string of the molecule is C[C@@H]1COc2ccc(C(=O)NCCN(C)C)cc2N1Cc1cccc(F)c1. The number of amides is 1. The first-order valence-corrected chi connectivity index (χ1v) is 9.15. The molecule has 27 heavy (non-hydrogen) atoms. The molecule has 0 saturated carbocycles. The summed E-state index contributed by atoms with van der Waals surface area (Å²) < 4.78 is 19.4. The van der Waals surface area contributed by atoms with Crippen molar-refractivity contribution in [3.05, 3.63) is 59.4 Å². The number of hydrogen-bond donors (Lipinski definition) is 1. The summed E-state index contributed by atoms with van der Waals surface area (Å²) in [5, 5.41) is 2.93. The minimum Gasteiger partial charge on any atom is -0.489 e. The average Bonchev–Trinajstić information content (AvgIpc) is 2.63. The maximum absolute atomic E-state index is 13.6. The summed E-state index contributed by atoms with van der Waals surface area (Å²) in [4.78, 5) is 16.6. The second-order valence-corrected chi connectivity index (χ2v) is 7.16. The van der Waals surface area contributed by atoms with Crippen LogP contribution in [-0.4, -0.2) is 50.6 Å². The van der Waals surface area contributed by atoms with E-state index in [1.807, 2.05) is 37.2 Å². The molecule has 1 aliphatic rings. The molecule has 1 atom stereocenters. The monoisotopic (exact) mass is 371 g/mol. The van der Waals surface area contributed by atoms with Crippen LogP contribution >= 0.6 is 0 Å². The number of nitrogens with one attached hydrogen (secondary N) is 1. The van der Waals surface area contributed by atoms with Crippen molar-refractivity contribution in [3.63, 3.8) is 0 Å². The first-order chi connectivity index (χ1) is 12.9. The number of fused-ring (bicyclic) bond motifs is 1. The lowest BCUT2D eigenvalue weighted by Gasteiger charge is -2.37. The Morgan fingerprint density at radius 1 is 1.30 bits per heavy atom. The van der Waals surface area contributed by atoms with Gasteiger partial charge in [-0.05, 0) is 56.9 Å². The Balaban J connectivity index is 1.81. The fourth-order valence-corrected chi connectivity index (χ4v) is 3.11. The van der Waals surface area contributed by atoms with Gasteiger partial charge in [0.1, 0.15) is 18.2 Å². The number of benzene rings is 2. The molecule has 1 aliphatic heterocycles. The summed E-state index contributed by atoms with van der Waals surface area (Å²) in [5.41, 5.74) is 2.34. The lowest BCUT2D eigenvalue weighted by Crippen LogP contribution is -2.40. The number of carbonyl (C=O) groups is 1. The zero-order valence-corrected chi connectivity index (χ0v) is 16.0. The molecule has 0 aromatic heterocycles. The Hall–Kier alpha value is -2.60. The standard InChI is InChI=1S/C21H26FN3O2/c1-15-14-27-20-8-7-17(21(26)23-9-10-24(2)3)12-19(20)25(15)13-16-5-4-6-18(22)11-16/h4-8,11-12,15H,9-10,13-14H2,1-3H3,(H,23,26)/t15-/m1/s1. The number of anilines is 1. The molecule has 0 radical (unpaired) electrons. The van der Waals surface area contributed by atoms with Crippen molar-refractivity contribution in [2.24, 2.45) is 0 Å². The molecular weight excluding hydrogens is 345 g/mol. The van der Waals surface area contributed by atoms with Gasteiger partial charge in [-0.15, -0.1) is 0 Å². The van der Waals surface area contributed by atoms with Crippen LogP contribution in [-0.2, 0) is 6.54 Å². The first-order valence-electron chi connectivity index (χ1n) is 9.15. The molecule has 0 saturated heterocycles. The molecule has 0 spiro atoms. The highest BCUT2D eigenvalue weighted by Crippen LogP contribution is 2.35. The number of carbonyl (C=O) groups excluding carboxylic acids is 1. The molecule has 0 aliphatic carbocycles. The molecule has 2 aromatic carbocycles. The minimum atomic E-state index is -0.248. The van der Waals surface area contributed by atoms with Gasteiger partial charge in [0.25, 0.3) is 5.91 Å². The molecule has 2 aromatic rings. The number of likely N-dealkylation sites (N-methyl/N-ethyl adjacent to an activating group) is 1. The van der Waals surface area contributed by atoms with Crippen LogP contribution in [0.1, 0.15) is 22.8 Å². The Bertz CT molecular complexity index is 810. The molecule has 1 N–H and O–H groups in total. The lowest BCUT2D eigenvalue weighted by molar-refractivity contribution is 0.0951. The molecule has 144 valence electrons. The molecule has 0 bridgehead atoms. The van der Waals surface area contributed by atoms with Gasteiger partial charge in [0.15, 0.2) is 0 Å². The van der Waals surface area contributed by atoms with Crippen molar-refractivity contribution in [1.82, 2.24) is 10.2 Å². The van der Waals surface area contributed by atoms with Crippen molar-refractivity contribution in [2.45, 2.75) is 19.5 Å². The first kappa shape index (κ1) is 19.2. The topological polar surface area (TPSA) is 44.8 Å². The zero-order valence-electron chi connectivity index (χ0n) is 16.0. The van der Waals surface area contributed by atoms with Crippen molar-refractivity contribution in [1.29, 1.82) is 0 Å². The van der Waals surface area contributed by atoms with Crippen LogP contribution in [0, 0.1) is 5.82 Å². The molecule has 1 heterocycles. The number of hydrogen-bond acceptors (Lipinski definition) is 4. The number of halogens is 1. The van der Waals surface area contributed by atoms with Crippen molar-refractivity contribution in [3.8, 4) is 5.75 Å². The van der Waals surface area contributed by atoms with E-state index in [0.717, 1.165) is 23.5 Å². The van der Waals surface area contributed by atoms with Gasteiger partial charge in [-0.2, -0.15) is 0 Å². The van der Waals surface area contributed by atoms with E-state index in [1.54, 1.807) is 18.2 Å². The second kappa shape index (κ2) is 8.39. The van der Waals surface area contributed by atoms with E-state index in [9.17, 15) is 9.18 Å². The van der Waals surface area contributed by atoms with Crippen molar-refractivity contribution in [2.75, 3.05) is 38.7 Å². The maximum Gasteiger partial charge on any atom is 0.251 e. The quantitative estimate of drug-likeness (QED) is 0.848. The van der Waals surface area contributed by atoms with Gasteiger partial charge in [0.2, 0.25) is 0 Å². The van der Waals surface area contributed by atoms with Gasteiger partial charge in [-0.25, -0.2) is 4.39 Å². The van der Waals surface area contributed by atoms with E-state index in [0.29, 0.717) is 25.3 Å². The van der Waals surface area contributed by atoms with E-state index in [4.69, 9.17) is 4.74 Å². The summed E-state index contributed by atoms with van der Waals surface area (Å²) >= 11 is 0. The normalized spacial score (nSPS) is 16.0. The molecule has 6 heteroatoms. The van der Waals surface area contributed by atoms with E-state index in [2.05, 4.69) is 17.1 Å². The highest BCUT2D eigenvalue weighted by atomic mass is 19.1. The van der Waals surface area contributed by atoms with Crippen molar-refractivity contribution < 1.29 is 13.9 Å². The predicted octanol–water partition coefficient (Wildman–Crippen LogP) is 2.90. The van der Waals surface area contributed by atoms with Gasteiger partial charge in [-0.3, -0.25) is 4.79 Å². The second-order valence-electron chi connectivity index (χ2n) is 7.16. The van der Waals surface area contributed by atoms with Gasteiger partial charge >= 0.3 is 0 Å². The molecule has 5 nitrogen and oxygen atoms in total.